The molecular formula is C15H14N2O. The lowest BCUT2D eigenvalue weighted by Crippen LogP contribution is -1.79. The van der Waals surface area contributed by atoms with Gasteiger partial charge in [-0.25, -0.2) is 0 Å². The lowest BCUT2D eigenvalue weighted by molar-refractivity contribution is 0.415. The Bertz CT molecular complexity index is 530. The van der Waals surface area contributed by atoms with Crippen LogP contribution in [0.4, 0.5) is 5.69 Å². The van der Waals surface area contributed by atoms with Gasteiger partial charge < -0.3 is 4.74 Å². The second-order valence-corrected chi connectivity index (χ2v) is 3.62. The summed E-state index contributed by atoms with van der Waals surface area (Å²) < 4.78 is 5.08. The topological polar surface area (TPSA) is 34.5 Å². The van der Waals surface area contributed by atoms with Gasteiger partial charge in [0.25, 0.3) is 0 Å². The van der Waals surface area contributed by atoms with Crippen LogP contribution in [0, 0.1) is 0 Å². The molecule has 18 heavy (non-hydrogen) atoms. The van der Waals surface area contributed by atoms with E-state index in [-0.39, 0.29) is 0 Å². The molecule has 0 radical (unpaired) electrons. The van der Waals surface area contributed by atoms with Crippen molar-refractivity contribution >= 4 is 18.0 Å². The first-order chi connectivity index (χ1) is 8.88. The second-order valence-electron chi connectivity index (χ2n) is 3.62. The number of methoxy groups -OCH3 is 1. The van der Waals surface area contributed by atoms with Crippen molar-refractivity contribution in [1.29, 1.82) is 0 Å². The van der Waals surface area contributed by atoms with E-state index in [4.69, 9.17) is 4.74 Å². The number of rotatable bonds is 4. The van der Waals surface area contributed by atoms with Crippen LogP contribution in [0.3, 0.4) is 0 Å². The molecule has 0 N–H and O–H groups in total. The molecule has 0 aliphatic carbocycles. The van der Waals surface area contributed by atoms with Crippen LogP contribution in [0.2, 0.25) is 0 Å². The standard InChI is InChI=1S/C15H14N2O/c1-18-15-8-6-14(7-9-15)17-11-3-5-13-4-2-10-16-12-13/h2-12H,1H3/b5-3+,17-11?. The number of nitrogens with zero attached hydrogens (tertiary/aromatic N) is 2. The van der Waals surface area contributed by atoms with E-state index in [0.29, 0.717) is 0 Å². The van der Waals surface area contributed by atoms with Gasteiger partial charge in [0.2, 0.25) is 0 Å². The third kappa shape index (κ3) is 3.56. The van der Waals surface area contributed by atoms with Crippen molar-refractivity contribution in [2.45, 2.75) is 0 Å². The third-order valence-corrected chi connectivity index (χ3v) is 2.36. The zero-order valence-corrected chi connectivity index (χ0v) is 10.2. The summed E-state index contributed by atoms with van der Waals surface area (Å²) in [5.41, 5.74) is 1.95. The zero-order chi connectivity index (χ0) is 12.6. The normalized spacial score (nSPS) is 11.2. The summed E-state index contributed by atoms with van der Waals surface area (Å²) >= 11 is 0. The fraction of sp³-hybridized carbons (Fsp3) is 0.0667. The number of benzene rings is 1. The summed E-state index contributed by atoms with van der Waals surface area (Å²) in [4.78, 5) is 8.34. The predicted octanol–water partition coefficient (Wildman–Crippen LogP) is 3.51. The Balaban J connectivity index is 1.96. The first kappa shape index (κ1) is 12.0. The molecule has 0 atom stereocenters. The summed E-state index contributed by atoms with van der Waals surface area (Å²) in [5, 5.41) is 0. The molecule has 0 saturated carbocycles. The zero-order valence-electron chi connectivity index (χ0n) is 10.2. The summed E-state index contributed by atoms with van der Waals surface area (Å²) in [6.45, 7) is 0. The van der Waals surface area contributed by atoms with Gasteiger partial charge in [0.15, 0.2) is 0 Å². The van der Waals surface area contributed by atoms with E-state index in [2.05, 4.69) is 9.98 Å². The fourth-order valence-electron chi connectivity index (χ4n) is 1.43. The van der Waals surface area contributed by atoms with E-state index in [1.54, 1.807) is 25.7 Å². The molecule has 1 aromatic heterocycles. The van der Waals surface area contributed by atoms with E-state index in [0.717, 1.165) is 17.0 Å². The van der Waals surface area contributed by atoms with Gasteiger partial charge in [-0.2, -0.15) is 0 Å². The Kier molecular flexibility index (Phi) is 4.25. The van der Waals surface area contributed by atoms with Crippen molar-refractivity contribution in [1.82, 2.24) is 4.98 Å². The molecule has 0 aliphatic heterocycles. The average Bonchev–Trinajstić information content (AvgIpc) is 2.45. The maximum atomic E-state index is 5.08. The van der Waals surface area contributed by atoms with E-state index < -0.39 is 0 Å². The van der Waals surface area contributed by atoms with Gasteiger partial charge in [0.1, 0.15) is 5.75 Å². The monoisotopic (exact) mass is 238 g/mol. The number of hydrogen-bond acceptors (Lipinski definition) is 3. The minimum absolute atomic E-state index is 0.833. The smallest absolute Gasteiger partial charge is 0.119 e. The van der Waals surface area contributed by atoms with Crippen LogP contribution < -0.4 is 4.74 Å². The van der Waals surface area contributed by atoms with Crippen molar-refractivity contribution in [3.63, 3.8) is 0 Å². The molecule has 0 saturated heterocycles. The lowest BCUT2D eigenvalue weighted by atomic mass is 10.2. The maximum Gasteiger partial charge on any atom is 0.119 e. The van der Waals surface area contributed by atoms with E-state index in [9.17, 15) is 0 Å². The molecular weight excluding hydrogens is 224 g/mol. The van der Waals surface area contributed by atoms with Crippen molar-refractivity contribution < 1.29 is 4.74 Å². The number of ether oxygens (including phenoxy) is 1. The van der Waals surface area contributed by atoms with E-state index >= 15 is 0 Å². The number of aromatic nitrogens is 1. The van der Waals surface area contributed by atoms with Gasteiger partial charge >= 0.3 is 0 Å². The summed E-state index contributed by atoms with van der Waals surface area (Å²) in [6.07, 6.45) is 9.16. The molecule has 0 bridgehead atoms. The van der Waals surface area contributed by atoms with E-state index in [1.807, 2.05) is 48.6 Å². The SMILES string of the molecule is COc1ccc(N=C/C=C/c2cccnc2)cc1. The van der Waals surface area contributed by atoms with Gasteiger partial charge in [0, 0.05) is 18.6 Å². The molecule has 0 amide bonds. The van der Waals surface area contributed by atoms with Crippen LogP contribution >= 0.6 is 0 Å². The molecule has 2 aromatic rings. The van der Waals surface area contributed by atoms with Crippen molar-refractivity contribution in [3.8, 4) is 5.75 Å². The molecule has 3 nitrogen and oxygen atoms in total. The highest BCUT2D eigenvalue weighted by Crippen LogP contribution is 2.16. The van der Waals surface area contributed by atoms with Gasteiger partial charge in [-0.05, 0) is 42.0 Å². The fourth-order valence-corrected chi connectivity index (χ4v) is 1.43. The van der Waals surface area contributed by atoms with Crippen molar-refractivity contribution in [2.75, 3.05) is 7.11 Å². The Morgan fingerprint density at radius 1 is 1.17 bits per heavy atom. The molecule has 0 unspecified atom stereocenters. The largest absolute Gasteiger partial charge is 0.497 e. The van der Waals surface area contributed by atoms with Crippen molar-refractivity contribution in [2.24, 2.45) is 4.99 Å². The average molecular weight is 238 g/mol. The lowest BCUT2D eigenvalue weighted by Gasteiger charge is -1.98. The Morgan fingerprint density at radius 3 is 2.67 bits per heavy atom. The van der Waals surface area contributed by atoms with Gasteiger partial charge in [0.05, 0.1) is 12.8 Å². The number of allylic oxidation sites excluding steroid dienone is 1. The first-order valence-corrected chi connectivity index (χ1v) is 5.63. The molecule has 1 heterocycles. The first-order valence-electron chi connectivity index (χ1n) is 5.63. The Hall–Kier alpha value is -2.42. The highest BCUT2D eigenvalue weighted by Gasteiger charge is 1.89. The van der Waals surface area contributed by atoms with E-state index in [1.165, 1.54) is 0 Å². The third-order valence-electron chi connectivity index (χ3n) is 2.36. The van der Waals surface area contributed by atoms with Crippen LogP contribution in [0.1, 0.15) is 5.56 Å². The molecule has 0 spiro atoms. The quantitative estimate of drug-likeness (QED) is 0.764. The van der Waals surface area contributed by atoms with Crippen molar-refractivity contribution in [3.05, 3.63) is 60.4 Å². The maximum absolute atomic E-state index is 5.08. The van der Waals surface area contributed by atoms with Crippen LogP contribution in [-0.2, 0) is 0 Å². The van der Waals surface area contributed by atoms with Crippen LogP contribution in [-0.4, -0.2) is 18.3 Å². The number of pyridine rings is 1. The van der Waals surface area contributed by atoms with Gasteiger partial charge in [-0.15, -0.1) is 0 Å². The van der Waals surface area contributed by atoms with Crippen LogP contribution in [0.25, 0.3) is 6.08 Å². The van der Waals surface area contributed by atoms with Crippen LogP contribution in [0.5, 0.6) is 5.75 Å². The van der Waals surface area contributed by atoms with Gasteiger partial charge in [-0.3, -0.25) is 9.98 Å². The summed E-state index contributed by atoms with van der Waals surface area (Å²) in [6, 6.07) is 11.5. The highest BCUT2D eigenvalue weighted by atomic mass is 16.5. The molecule has 0 aliphatic rings. The number of hydrogen-bond donors (Lipinski definition) is 0. The molecule has 90 valence electrons. The molecule has 0 fully saturated rings. The summed E-state index contributed by atoms with van der Waals surface area (Å²) in [5.74, 6) is 0.833. The van der Waals surface area contributed by atoms with Crippen LogP contribution in [0.15, 0.2) is 59.9 Å². The highest BCUT2D eigenvalue weighted by molar-refractivity contribution is 5.80. The molecule has 1 aromatic carbocycles. The minimum Gasteiger partial charge on any atom is -0.497 e. The minimum atomic E-state index is 0.833. The predicted molar refractivity (Wildman–Crippen MR) is 74.4 cm³/mol. The Labute approximate surface area is 106 Å². The Morgan fingerprint density at radius 2 is 2.00 bits per heavy atom. The second kappa shape index (κ2) is 6.35. The summed E-state index contributed by atoms with van der Waals surface area (Å²) in [7, 11) is 1.65. The molecule has 3 heteroatoms. The molecule has 2 rings (SSSR count). The van der Waals surface area contributed by atoms with Gasteiger partial charge in [-0.1, -0.05) is 12.1 Å². The number of aliphatic imine (C=N–C) groups is 1.